The Hall–Kier alpha value is -0.880. The van der Waals surface area contributed by atoms with Crippen LogP contribution in [0.2, 0.25) is 0 Å². The number of rotatable bonds is 3. The maximum absolute atomic E-state index is 11.4. The van der Waals surface area contributed by atoms with E-state index in [0.29, 0.717) is 16.2 Å². The number of H-pyrrole nitrogens is 1. The van der Waals surface area contributed by atoms with Crippen molar-refractivity contribution in [2.45, 2.75) is 12.8 Å². The Balaban J connectivity index is 2.06. The molecule has 1 saturated heterocycles. The third-order valence-electron chi connectivity index (χ3n) is 3.01. The van der Waals surface area contributed by atoms with Gasteiger partial charge >= 0.3 is 0 Å². The van der Waals surface area contributed by atoms with E-state index in [0.717, 1.165) is 32.6 Å². The minimum atomic E-state index is -0.145. The van der Waals surface area contributed by atoms with Crippen molar-refractivity contribution >= 4 is 21.7 Å². The first-order valence-corrected chi connectivity index (χ1v) is 6.50. The van der Waals surface area contributed by atoms with Gasteiger partial charge in [0.25, 0.3) is 5.56 Å². The molecule has 1 fully saturated rings. The van der Waals surface area contributed by atoms with E-state index in [4.69, 9.17) is 4.74 Å². The average molecular weight is 302 g/mol. The maximum Gasteiger partial charge on any atom is 0.267 e. The van der Waals surface area contributed by atoms with Crippen molar-refractivity contribution in [3.63, 3.8) is 0 Å². The fraction of sp³-hybridized carbons (Fsp3) is 0.636. The summed E-state index contributed by atoms with van der Waals surface area (Å²) in [6.07, 6.45) is 3.58. The zero-order chi connectivity index (χ0) is 12.3. The van der Waals surface area contributed by atoms with Crippen LogP contribution in [0.15, 0.2) is 15.6 Å². The zero-order valence-corrected chi connectivity index (χ0v) is 11.4. The fourth-order valence-electron chi connectivity index (χ4n) is 2.04. The van der Waals surface area contributed by atoms with Gasteiger partial charge in [-0.3, -0.25) is 4.79 Å². The highest BCUT2D eigenvalue weighted by Crippen LogP contribution is 2.21. The summed E-state index contributed by atoms with van der Waals surface area (Å²) in [7, 11) is 1.96. The van der Waals surface area contributed by atoms with Crippen LogP contribution in [0.3, 0.4) is 0 Å². The molecule has 0 radical (unpaired) electrons. The van der Waals surface area contributed by atoms with E-state index in [2.05, 4.69) is 25.9 Å². The summed E-state index contributed by atoms with van der Waals surface area (Å²) in [5.41, 5.74) is -0.145. The fourth-order valence-corrected chi connectivity index (χ4v) is 2.56. The van der Waals surface area contributed by atoms with Gasteiger partial charge in [0.2, 0.25) is 0 Å². The van der Waals surface area contributed by atoms with Crippen LogP contribution in [0.25, 0.3) is 0 Å². The van der Waals surface area contributed by atoms with Crippen molar-refractivity contribution in [3.05, 3.63) is 21.2 Å². The van der Waals surface area contributed by atoms with Gasteiger partial charge < -0.3 is 14.6 Å². The van der Waals surface area contributed by atoms with Gasteiger partial charge in [-0.05, 0) is 34.7 Å². The lowest BCUT2D eigenvalue weighted by Crippen LogP contribution is -2.31. The van der Waals surface area contributed by atoms with Crippen molar-refractivity contribution in [1.82, 2.24) is 9.97 Å². The normalized spacial score (nSPS) is 17.1. The van der Waals surface area contributed by atoms with E-state index in [1.807, 2.05) is 11.9 Å². The molecular formula is C11H16BrN3O2. The van der Waals surface area contributed by atoms with Crippen molar-refractivity contribution in [3.8, 4) is 0 Å². The Morgan fingerprint density at radius 2 is 2.29 bits per heavy atom. The standard InChI is InChI=1S/C11H16BrN3O2/c1-15(6-8-2-4-17-5-3-8)10-9(12)11(16)14-7-13-10/h7-8H,2-6H2,1H3,(H,13,14,16). The summed E-state index contributed by atoms with van der Waals surface area (Å²) in [4.78, 5) is 20.2. The molecule has 0 bridgehead atoms. The van der Waals surface area contributed by atoms with Gasteiger partial charge in [0.1, 0.15) is 10.3 Å². The molecule has 0 aliphatic carbocycles. The van der Waals surface area contributed by atoms with Crippen molar-refractivity contribution in [2.75, 3.05) is 31.7 Å². The molecule has 6 heteroatoms. The second-order valence-corrected chi connectivity index (χ2v) is 5.10. The minimum absolute atomic E-state index is 0.145. The highest BCUT2D eigenvalue weighted by molar-refractivity contribution is 9.10. The smallest absolute Gasteiger partial charge is 0.267 e. The molecule has 0 unspecified atom stereocenters. The largest absolute Gasteiger partial charge is 0.381 e. The topological polar surface area (TPSA) is 58.2 Å². The Morgan fingerprint density at radius 3 is 3.00 bits per heavy atom. The van der Waals surface area contributed by atoms with Crippen LogP contribution in [-0.4, -0.2) is 36.8 Å². The molecule has 1 aliphatic rings. The van der Waals surface area contributed by atoms with Crippen molar-refractivity contribution in [1.29, 1.82) is 0 Å². The predicted molar refractivity (Wildman–Crippen MR) is 69.4 cm³/mol. The molecule has 0 aromatic carbocycles. The van der Waals surface area contributed by atoms with Crippen LogP contribution in [0, 0.1) is 5.92 Å². The molecule has 1 aromatic rings. The monoisotopic (exact) mass is 301 g/mol. The molecule has 94 valence electrons. The van der Waals surface area contributed by atoms with E-state index >= 15 is 0 Å². The molecule has 0 amide bonds. The Kier molecular flexibility index (Phi) is 4.17. The lowest BCUT2D eigenvalue weighted by Gasteiger charge is -2.27. The molecule has 5 nitrogen and oxygen atoms in total. The zero-order valence-electron chi connectivity index (χ0n) is 9.78. The van der Waals surface area contributed by atoms with Crippen LogP contribution in [0.1, 0.15) is 12.8 Å². The van der Waals surface area contributed by atoms with Crippen molar-refractivity contribution in [2.24, 2.45) is 5.92 Å². The van der Waals surface area contributed by atoms with Gasteiger partial charge in [0.15, 0.2) is 0 Å². The molecule has 1 aliphatic heterocycles. The van der Waals surface area contributed by atoms with E-state index in [1.165, 1.54) is 6.33 Å². The summed E-state index contributed by atoms with van der Waals surface area (Å²) in [5.74, 6) is 1.31. The summed E-state index contributed by atoms with van der Waals surface area (Å²) in [6, 6.07) is 0. The molecule has 1 aromatic heterocycles. The summed E-state index contributed by atoms with van der Waals surface area (Å²) in [5, 5.41) is 0. The van der Waals surface area contributed by atoms with E-state index < -0.39 is 0 Å². The second-order valence-electron chi connectivity index (χ2n) is 4.31. The number of hydrogen-bond donors (Lipinski definition) is 1. The number of ether oxygens (including phenoxy) is 1. The second kappa shape index (κ2) is 5.64. The third-order valence-corrected chi connectivity index (χ3v) is 3.73. The number of halogens is 1. The molecule has 1 N–H and O–H groups in total. The lowest BCUT2D eigenvalue weighted by molar-refractivity contribution is 0.0685. The van der Waals surface area contributed by atoms with Crippen LogP contribution in [0.5, 0.6) is 0 Å². The highest BCUT2D eigenvalue weighted by atomic mass is 79.9. The highest BCUT2D eigenvalue weighted by Gasteiger charge is 2.18. The molecule has 0 atom stereocenters. The van der Waals surface area contributed by atoms with Crippen molar-refractivity contribution < 1.29 is 4.74 Å². The van der Waals surface area contributed by atoms with Crippen LogP contribution in [0.4, 0.5) is 5.82 Å². The predicted octanol–water partition coefficient (Wildman–Crippen LogP) is 1.40. The molecule has 2 heterocycles. The van der Waals surface area contributed by atoms with E-state index in [9.17, 15) is 4.79 Å². The molecule has 2 rings (SSSR count). The lowest BCUT2D eigenvalue weighted by atomic mass is 10.00. The molecule has 0 spiro atoms. The third kappa shape index (κ3) is 3.07. The Labute approximate surface area is 108 Å². The van der Waals surface area contributed by atoms with Gasteiger partial charge in [-0.15, -0.1) is 0 Å². The number of aromatic nitrogens is 2. The quantitative estimate of drug-likeness (QED) is 0.917. The summed E-state index contributed by atoms with van der Waals surface area (Å²) in [6.45, 7) is 2.57. The van der Waals surface area contributed by atoms with Gasteiger partial charge in [0, 0.05) is 26.8 Å². The average Bonchev–Trinajstić information content (AvgIpc) is 2.34. The number of aromatic amines is 1. The SMILES string of the molecule is CN(CC1CCOCC1)c1nc[nH]c(=O)c1Br. The Morgan fingerprint density at radius 1 is 1.59 bits per heavy atom. The minimum Gasteiger partial charge on any atom is -0.381 e. The van der Waals surface area contributed by atoms with E-state index in [-0.39, 0.29) is 5.56 Å². The van der Waals surface area contributed by atoms with Crippen LogP contribution in [-0.2, 0) is 4.74 Å². The van der Waals surface area contributed by atoms with Gasteiger partial charge in [0.05, 0.1) is 6.33 Å². The molecule has 0 saturated carbocycles. The molecular weight excluding hydrogens is 286 g/mol. The Bertz CT molecular complexity index is 429. The first-order chi connectivity index (χ1) is 8.18. The number of nitrogens with one attached hydrogen (secondary N) is 1. The van der Waals surface area contributed by atoms with Gasteiger partial charge in [-0.25, -0.2) is 4.98 Å². The number of nitrogens with zero attached hydrogens (tertiary/aromatic N) is 2. The van der Waals surface area contributed by atoms with Crippen LogP contribution >= 0.6 is 15.9 Å². The maximum atomic E-state index is 11.4. The summed E-state index contributed by atoms with van der Waals surface area (Å²) < 4.78 is 5.83. The first-order valence-electron chi connectivity index (χ1n) is 5.70. The first kappa shape index (κ1) is 12.6. The number of hydrogen-bond acceptors (Lipinski definition) is 4. The van der Waals surface area contributed by atoms with Gasteiger partial charge in [-0.2, -0.15) is 0 Å². The summed E-state index contributed by atoms with van der Waals surface area (Å²) >= 11 is 3.27. The molecule has 17 heavy (non-hydrogen) atoms. The van der Waals surface area contributed by atoms with Gasteiger partial charge in [-0.1, -0.05) is 0 Å². The van der Waals surface area contributed by atoms with Crippen LogP contribution < -0.4 is 10.5 Å². The number of anilines is 1. The van der Waals surface area contributed by atoms with E-state index in [1.54, 1.807) is 0 Å².